The highest BCUT2D eigenvalue weighted by Crippen LogP contribution is 2.39. The van der Waals surface area contributed by atoms with Crippen molar-refractivity contribution in [1.82, 2.24) is 0 Å². The van der Waals surface area contributed by atoms with Crippen LogP contribution >= 0.6 is 0 Å². The molecule has 1 aliphatic rings. The van der Waals surface area contributed by atoms with Gasteiger partial charge in [0.2, 0.25) is 0 Å². The van der Waals surface area contributed by atoms with Crippen molar-refractivity contribution < 1.29 is 13.9 Å². The zero-order chi connectivity index (χ0) is 14.2. The maximum absolute atomic E-state index is 12.7. The quantitative estimate of drug-likeness (QED) is 0.839. The van der Waals surface area contributed by atoms with Gasteiger partial charge in [0, 0.05) is 0 Å². The molecule has 2 rings (SSSR count). The molecule has 1 aromatic rings. The third-order valence-electron chi connectivity index (χ3n) is 3.37. The van der Waals surface area contributed by atoms with Gasteiger partial charge in [0.15, 0.2) is 5.60 Å². The average Bonchev–Trinajstić information content (AvgIpc) is 2.33. The van der Waals surface area contributed by atoms with Crippen LogP contribution in [0.1, 0.15) is 39.2 Å². The fraction of sp³-hybridized carbons (Fsp3) is 0.533. The van der Waals surface area contributed by atoms with Gasteiger partial charge in [-0.2, -0.15) is 0 Å². The molecular weight excluding hydrogens is 245 g/mol. The first kappa shape index (κ1) is 13.8. The SMILES string of the molecule is CC(C)c1ccc2c(c1)OC(C)(C)C(=O)N2CCF. The summed E-state index contributed by atoms with van der Waals surface area (Å²) in [6.07, 6.45) is 0. The van der Waals surface area contributed by atoms with E-state index in [-0.39, 0.29) is 12.5 Å². The average molecular weight is 265 g/mol. The summed E-state index contributed by atoms with van der Waals surface area (Å²) in [5.41, 5.74) is 0.855. The van der Waals surface area contributed by atoms with Crippen LogP contribution in [-0.4, -0.2) is 24.7 Å². The van der Waals surface area contributed by atoms with E-state index in [1.165, 1.54) is 4.90 Å². The van der Waals surface area contributed by atoms with Crippen LogP contribution in [0.25, 0.3) is 0 Å². The first-order valence-corrected chi connectivity index (χ1v) is 6.57. The van der Waals surface area contributed by atoms with Gasteiger partial charge in [-0.25, -0.2) is 4.39 Å². The Morgan fingerprint density at radius 1 is 1.37 bits per heavy atom. The Hall–Kier alpha value is -1.58. The van der Waals surface area contributed by atoms with Gasteiger partial charge in [-0.3, -0.25) is 4.79 Å². The van der Waals surface area contributed by atoms with Gasteiger partial charge in [-0.15, -0.1) is 0 Å². The van der Waals surface area contributed by atoms with Gasteiger partial charge in [-0.05, 0) is 37.5 Å². The molecule has 0 aromatic heterocycles. The summed E-state index contributed by atoms with van der Waals surface area (Å²) < 4.78 is 18.5. The van der Waals surface area contributed by atoms with Crippen LogP contribution < -0.4 is 9.64 Å². The molecule has 1 amide bonds. The lowest BCUT2D eigenvalue weighted by molar-refractivity contribution is -0.132. The van der Waals surface area contributed by atoms with E-state index in [4.69, 9.17) is 4.74 Å². The molecule has 4 heteroatoms. The highest BCUT2D eigenvalue weighted by Gasteiger charge is 2.40. The van der Waals surface area contributed by atoms with Gasteiger partial charge >= 0.3 is 0 Å². The molecule has 3 nitrogen and oxygen atoms in total. The maximum atomic E-state index is 12.7. The number of hydrogen-bond acceptors (Lipinski definition) is 2. The second kappa shape index (κ2) is 4.83. The summed E-state index contributed by atoms with van der Waals surface area (Å²) in [6, 6.07) is 5.75. The molecule has 0 aliphatic carbocycles. The van der Waals surface area contributed by atoms with E-state index in [9.17, 15) is 9.18 Å². The number of halogens is 1. The summed E-state index contributed by atoms with van der Waals surface area (Å²) in [4.78, 5) is 13.7. The topological polar surface area (TPSA) is 29.5 Å². The Kier molecular flexibility index (Phi) is 3.52. The van der Waals surface area contributed by atoms with Crippen LogP contribution in [0.4, 0.5) is 10.1 Å². The van der Waals surface area contributed by atoms with Gasteiger partial charge in [0.05, 0.1) is 12.2 Å². The van der Waals surface area contributed by atoms with Crippen molar-refractivity contribution in [2.75, 3.05) is 18.1 Å². The third kappa shape index (κ3) is 2.44. The minimum absolute atomic E-state index is 0.0691. The number of fused-ring (bicyclic) bond motifs is 1. The number of carbonyl (C=O) groups is 1. The highest BCUT2D eigenvalue weighted by molar-refractivity contribution is 6.02. The minimum Gasteiger partial charge on any atom is -0.476 e. The summed E-state index contributed by atoms with van der Waals surface area (Å²) in [5, 5.41) is 0. The fourth-order valence-electron chi connectivity index (χ4n) is 2.25. The molecule has 0 N–H and O–H groups in total. The number of carbonyl (C=O) groups excluding carboxylic acids is 1. The molecule has 0 atom stereocenters. The monoisotopic (exact) mass is 265 g/mol. The predicted octanol–water partition coefficient (Wildman–Crippen LogP) is 3.28. The Morgan fingerprint density at radius 3 is 2.63 bits per heavy atom. The lowest BCUT2D eigenvalue weighted by Crippen LogP contribution is -2.53. The first-order chi connectivity index (χ1) is 8.86. The zero-order valence-electron chi connectivity index (χ0n) is 11.9. The third-order valence-corrected chi connectivity index (χ3v) is 3.37. The Bertz CT molecular complexity index is 497. The number of anilines is 1. The molecule has 0 saturated heterocycles. The molecular formula is C15H20FNO2. The second-order valence-electron chi connectivity index (χ2n) is 5.64. The smallest absolute Gasteiger partial charge is 0.270 e. The van der Waals surface area contributed by atoms with Crippen molar-refractivity contribution in [3.8, 4) is 5.75 Å². The fourth-order valence-corrected chi connectivity index (χ4v) is 2.25. The number of ether oxygens (including phenoxy) is 1. The van der Waals surface area contributed by atoms with E-state index in [1.54, 1.807) is 13.8 Å². The van der Waals surface area contributed by atoms with Crippen LogP contribution in [0.15, 0.2) is 18.2 Å². The molecule has 19 heavy (non-hydrogen) atoms. The number of nitrogens with zero attached hydrogens (tertiary/aromatic N) is 1. The normalized spacial score (nSPS) is 17.4. The largest absolute Gasteiger partial charge is 0.476 e. The molecule has 0 spiro atoms. The summed E-state index contributed by atoms with van der Waals surface area (Å²) in [5.74, 6) is 0.837. The van der Waals surface area contributed by atoms with Crippen LogP contribution in [0.5, 0.6) is 5.75 Å². The van der Waals surface area contributed by atoms with E-state index in [1.807, 2.05) is 18.2 Å². The molecule has 0 bridgehead atoms. The lowest BCUT2D eigenvalue weighted by atomic mass is 9.99. The standard InChI is InChI=1S/C15H20FNO2/c1-10(2)11-5-6-12-13(9-11)19-15(3,4)14(18)17(12)8-7-16/h5-6,9-10H,7-8H2,1-4H3. The van der Waals surface area contributed by atoms with Crippen LogP contribution in [0.3, 0.4) is 0 Å². The van der Waals surface area contributed by atoms with Crippen molar-refractivity contribution in [2.45, 2.75) is 39.2 Å². The minimum atomic E-state index is -0.947. The Labute approximate surface area is 113 Å². The number of amides is 1. The maximum Gasteiger partial charge on any atom is 0.270 e. The van der Waals surface area contributed by atoms with Crippen LogP contribution in [0.2, 0.25) is 0 Å². The molecule has 0 fully saturated rings. The molecule has 1 aliphatic heterocycles. The first-order valence-electron chi connectivity index (χ1n) is 6.57. The van der Waals surface area contributed by atoms with Gasteiger partial charge < -0.3 is 9.64 Å². The molecule has 1 aromatic carbocycles. The number of hydrogen-bond donors (Lipinski definition) is 0. The highest BCUT2D eigenvalue weighted by atomic mass is 19.1. The Morgan fingerprint density at radius 2 is 2.05 bits per heavy atom. The molecule has 0 saturated carbocycles. The van der Waals surface area contributed by atoms with E-state index in [2.05, 4.69) is 13.8 Å². The zero-order valence-corrected chi connectivity index (χ0v) is 11.9. The van der Waals surface area contributed by atoms with Crippen molar-refractivity contribution in [1.29, 1.82) is 0 Å². The lowest BCUT2D eigenvalue weighted by Gasteiger charge is -2.38. The summed E-state index contributed by atoms with van der Waals surface area (Å²) in [6.45, 7) is 7.13. The van der Waals surface area contributed by atoms with Crippen molar-refractivity contribution in [3.05, 3.63) is 23.8 Å². The molecule has 0 unspecified atom stereocenters. The summed E-state index contributed by atoms with van der Waals surface area (Å²) in [7, 11) is 0. The van der Waals surface area contributed by atoms with Gasteiger partial charge in [0.1, 0.15) is 12.4 Å². The van der Waals surface area contributed by atoms with Crippen LogP contribution in [-0.2, 0) is 4.79 Å². The van der Waals surface area contributed by atoms with Gasteiger partial charge in [-0.1, -0.05) is 19.9 Å². The van der Waals surface area contributed by atoms with E-state index >= 15 is 0 Å². The van der Waals surface area contributed by atoms with Crippen LogP contribution in [0, 0.1) is 0 Å². The van der Waals surface area contributed by atoms with E-state index in [0.29, 0.717) is 17.4 Å². The predicted molar refractivity (Wildman–Crippen MR) is 73.6 cm³/mol. The number of benzene rings is 1. The molecule has 104 valence electrons. The molecule has 0 radical (unpaired) electrons. The number of alkyl halides is 1. The van der Waals surface area contributed by atoms with Crippen molar-refractivity contribution >= 4 is 11.6 Å². The van der Waals surface area contributed by atoms with Crippen molar-refractivity contribution in [2.24, 2.45) is 0 Å². The molecule has 1 heterocycles. The Balaban J connectivity index is 2.49. The number of rotatable bonds is 3. The second-order valence-corrected chi connectivity index (χ2v) is 5.64. The van der Waals surface area contributed by atoms with E-state index < -0.39 is 12.3 Å². The van der Waals surface area contributed by atoms with E-state index in [0.717, 1.165) is 5.56 Å². The summed E-state index contributed by atoms with van der Waals surface area (Å²) >= 11 is 0. The van der Waals surface area contributed by atoms with Crippen molar-refractivity contribution in [3.63, 3.8) is 0 Å². The van der Waals surface area contributed by atoms with Gasteiger partial charge in [0.25, 0.3) is 5.91 Å².